The first-order valence-electron chi connectivity index (χ1n) is 8.76. The summed E-state index contributed by atoms with van der Waals surface area (Å²) in [5.74, 6) is 0.0783. The lowest BCUT2D eigenvalue weighted by atomic mass is 10.1. The number of aryl methyl sites for hydroxylation is 1. The van der Waals surface area contributed by atoms with Crippen molar-refractivity contribution in [2.75, 3.05) is 11.9 Å². The van der Waals surface area contributed by atoms with E-state index in [1.165, 1.54) is 11.1 Å². The second-order valence-electron chi connectivity index (χ2n) is 6.36. The smallest absolute Gasteiger partial charge is 0.225 e. The maximum absolute atomic E-state index is 12.3. The summed E-state index contributed by atoms with van der Waals surface area (Å²) >= 11 is 0. The van der Waals surface area contributed by atoms with Gasteiger partial charge in [0.25, 0.3) is 0 Å². The monoisotopic (exact) mass is 324 g/mol. The van der Waals surface area contributed by atoms with E-state index in [1.807, 2.05) is 24.3 Å². The van der Waals surface area contributed by atoms with Gasteiger partial charge in [-0.3, -0.25) is 9.69 Å². The first-order valence-corrected chi connectivity index (χ1v) is 8.76. The van der Waals surface area contributed by atoms with E-state index in [0.29, 0.717) is 12.5 Å². The van der Waals surface area contributed by atoms with E-state index in [9.17, 15) is 4.79 Å². The van der Waals surface area contributed by atoms with Crippen molar-refractivity contribution in [1.82, 2.24) is 4.90 Å². The van der Waals surface area contributed by atoms with Crippen molar-refractivity contribution >= 4 is 11.6 Å². The van der Waals surface area contributed by atoms with Gasteiger partial charge >= 0.3 is 0 Å². The zero-order valence-corrected chi connectivity index (χ0v) is 15.0. The fraction of sp³-hybridized carbons (Fsp3) is 0.381. The fourth-order valence-corrected chi connectivity index (χ4v) is 2.75. The van der Waals surface area contributed by atoms with E-state index < -0.39 is 0 Å². The van der Waals surface area contributed by atoms with Crippen LogP contribution in [0.4, 0.5) is 5.69 Å². The molecule has 128 valence electrons. The molecule has 0 aliphatic carbocycles. The predicted octanol–water partition coefficient (Wildman–Crippen LogP) is 4.49. The molecular weight excluding hydrogens is 296 g/mol. The van der Waals surface area contributed by atoms with Crippen LogP contribution in [0.15, 0.2) is 54.6 Å². The quantitative estimate of drug-likeness (QED) is 0.776. The Labute approximate surface area is 145 Å². The van der Waals surface area contributed by atoms with Gasteiger partial charge in [-0.05, 0) is 37.5 Å². The van der Waals surface area contributed by atoms with Gasteiger partial charge in [-0.2, -0.15) is 0 Å². The minimum Gasteiger partial charge on any atom is -0.326 e. The van der Waals surface area contributed by atoms with Gasteiger partial charge in [-0.15, -0.1) is 0 Å². The number of rotatable bonds is 8. The maximum atomic E-state index is 12.3. The summed E-state index contributed by atoms with van der Waals surface area (Å²) in [5.41, 5.74) is 3.39. The highest BCUT2D eigenvalue weighted by Gasteiger charge is 2.13. The zero-order valence-electron chi connectivity index (χ0n) is 15.0. The molecule has 1 amide bonds. The number of carbonyl (C=O) groups excluding carboxylic acids is 1. The molecule has 0 heterocycles. The van der Waals surface area contributed by atoms with Crippen LogP contribution in [0.3, 0.4) is 0 Å². The van der Waals surface area contributed by atoms with E-state index in [0.717, 1.165) is 25.2 Å². The molecule has 0 aromatic heterocycles. The fourth-order valence-electron chi connectivity index (χ4n) is 2.75. The number of amides is 1. The van der Waals surface area contributed by atoms with Gasteiger partial charge in [0.2, 0.25) is 5.91 Å². The van der Waals surface area contributed by atoms with Crippen molar-refractivity contribution in [3.05, 3.63) is 65.7 Å². The second-order valence-corrected chi connectivity index (χ2v) is 6.36. The molecule has 0 bridgehead atoms. The SMILES string of the molecule is CCc1ccccc1NC(=O)CCN(Cc1ccccc1)C(C)C. The number of para-hydroxylation sites is 1. The Bertz CT molecular complexity index is 637. The van der Waals surface area contributed by atoms with E-state index in [2.05, 4.69) is 61.3 Å². The lowest BCUT2D eigenvalue weighted by molar-refractivity contribution is -0.116. The molecule has 1 N–H and O–H groups in total. The molecule has 3 heteroatoms. The average molecular weight is 324 g/mol. The molecule has 0 unspecified atom stereocenters. The number of carbonyl (C=O) groups is 1. The van der Waals surface area contributed by atoms with Crippen LogP contribution in [0.2, 0.25) is 0 Å². The van der Waals surface area contributed by atoms with Crippen LogP contribution in [-0.2, 0) is 17.8 Å². The molecule has 0 spiro atoms. The highest BCUT2D eigenvalue weighted by atomic mass is 16.1. The number of hydrogen-bond acceptors (Lipinski definition) is 2. The molecule has 0 aliphatic heterocycles. The molecule has 0 saturated carbocycles. The van der Waals surface area contributed by atoms with Crippen LogP contribution in [0.1, 0.15) is 38.3 Å². The van der Waals surface area contributed by atoms with Crippen LogP contribution in [0.25, 0.3) is 0 Å². The third-order valence-electron chi connectivity index (χ3n) is 4.26. The predicted molar refractivity (Wildman–Crippen MR) is 101 cm³/mol. The second kappa shape index (κ2) is 9.24. The van der Waals surface area contributed by atoms with E-state index >= 15 is 0 Å². The number of anilines is 1. The largest absolute Gasteiger partial charge is 0.326 e. The first-order chi connectivity index (χ1) is 11.6. The lowest BCUT2D eigenvalue weighted by Gasteiger charge is -2.26. The Morgan fingerprint density at radius 2 is 1.71 bits per heavy atom. The molecule has 0 atom stereocenters. The number of nitrogens with one attached hydrogen (secondary N) is 1. The van der Waals surface area contributed by atoms with E-state index in [-0.39, 0.29) is 5.91 Å². The van der Waals surface area contributed by atoms with Crippen molar-refractivity contribution in [3.63, 3.8) is 0 Å². The van der Waals surface area contributed by atoms with Crippen LogP contribution < -0.4 is 5.32 Å². The molecule has 0 radical (unpaired) electrons. The van der Waals surface area contributed by atoms with E-state index in [4.69, 9.17) is 0 Å². The summed E-state index contributed by atoms with van der Waals surface area (Å²) in [6.45, 7) is 8.08. The van der Waals surface area contributed by atoms with E-state index in [1.54, 1.807) is 0 Å². The zero-order chi connectivity index (χ0) is 17.4. The normalized spacial score (nSPS) is 11.0. The Morgan fingerprint density at radius 3 is 2.38 bits per heavy atom. The number of nitrogens with zero attached hydrogens (tertiary/aromatic N) is 1. The van der Waals surface area contributed by atoms with Crippen LogP contribution >= 0.6 is 0 Å². The molecule has 3 nitrogen and oxygen atoms in total. The molecule has 2 rings (SSSR count). The van der Waals surface area contributed by atoms with Crippen molar-refractivity contribution in [2.24, 2.45) is 0 Å². The van der Waals surface area contributed by atoms with Crippen molar-refractivity contribution in [3.8, 4) is 0 Å². The van der Waals surface area contributed by atoms with Crippen LogP contribution in [0, 0.1) is 0 Å². The van der Waals surface area contributed by atoms with Gasteiger partial charge in [0.1, 0.15) is 0 Å². The van der Waals surface area contributed by atoms with Crippen molar-refractivity contribution in [2.45, 2.75) is 46.2 Å². The Balaban J connectivity index is 1.90. The van der Waals surface area contributed by atoms with Gasteiger partial charge in [0.05, 0.1) is 0 Å². The highest BCUT2D eigenvalue weighted by Crippen LogP contribution is 2.16. The summed E-state index contributed by atoms with van der Waals surface area (Å²) in [5, 5.41) is 3.05. The Morgan fingerprint density at radius 1 is 1.04 bits per heavy atom. The average Bonchev–Trinajstić information content (AvgIpc) is 2.59. The standard InChI is InChI=1S/C21H28N2O/c1-4-19-12-8-9-13-20(19)22-21(24)14-15-23(17(2)3)16-18-10-6-5-7-11-18/h5-13,17H,4,14-16H2,1-3H3,(H,22,24). The lowest BCUT2D eigenvalue weighted by Crippen LogP contribution is -2.33. The number of hydrogen-bond donors (Lipinski definition) is 1. The van der Waals surface area contributed by atoms with Gasteiger partial charge in [-0.1, -0.05) is 55.5 Å². The topological polar surface area (TPSA) is 32.3 Å². The molecule has 2 aromatic carbocycles. The van der Waals surface area contributed by atoms with Gasteiger partial charge in [0, 0.05) is 31.2 Å². The maximum Gasteiger partial charge on any atom is 0.225 e. The molecule has 2 aromatic rings. The van der Waals surface area contributed by atoms with Gasteiger partial charge < -0.3 is 5.32 Å². The van der Waals surface area contributed by atoms with Gasteiger partial charge in [-0.25, -0.2) is 0 Å². The van der Waals surface area contributed by atoms with Crippen molar-refractivity contribution in [1.29, 1.82) is 0 Å². The summed E-state index contributed by atoms with van der Waals surface area (Å²) < 4.78 is 0. The number of benzene rings is 2. The molecule has 0 saturated heterocycles. The third-order valence-corrected chi connectivity index (χ3v) is 4.26. The summed E-state index contributed by atoms with van der Waals surface area (Å²) in [7, 11) is 0. The van der Waals surface area contributed by atoms with Crippen LogP contribution in [-0.4, -0.2) is 23.4 Å². The Kier molecular flexibility index (Phi) is 7.01. The van der Waals surface area contributed by atoms with Crippen LogP contribution in [0.5, 0.6) is 0 Å². The first kappa shape index (κ1) is 18.2. The molecule has 0 fully saturated rings. The summed E-state index contributed by atoms with van der Waals surface area (Å²) in [6, 6.07) is 18.8. The molecular formula is C21H28N2O. The highest BCUT2D eigenvalue weighted by molar-refractivity contribution is 5.91. The van der Waals surface area contributed by atoms with Crippen molar-refractivity contribution < 1.29 is 4.79 Å². The summed E-state index contributed by atoms with van der Waals surface area (Å²) in [6.07, 6.45) is 1.42. The molecule has 0 aliphatic rings. The van der Waals surface area contributed by atoms with Gasteiger partial charge in [0.15, 0.2) is 0 Å². The Hall–Kier alpha value is -2.13. The summed E-state index contributed by atoms with van der Waals surface area (Å²) in [4.78, 5) is 14.7. The minimum atomic E-state index is 0.0783. The third kappa shape index (κ3) is 5.50. The minimum absolute atomic E-state index is 0.0783. The molecule has 24 heavy (non-hydrogen) atoms.